The number of fused-ring (bicyclic) bond motifs is 1. The average Bonchev–Trinajstić information content (AvgIpc) is 3.60. The highest BCUT2D eigenvalue weighted by molar-refractivity contribution is 7.44. The number of phosphoric ester groups is 1. The van der Waals surface area contributed by atoms with E-state index in [0.717, 1.165) is 6.33 Å². The number of ether oxygens (including phenoxy) is 3. The fourth-order valence-electron chi connectivity index (χ4n) is 4.84. The Morgan fingerprint density at radius 2 is 1.98 bits per heavy atom. The number of phosphoric acid groups is 1. The lowest BCUT2D eigenvalue weighted by atomic mass is 9.92. The van der Waals surface area contributed by atoms with Crippen LogP contribution in [0.5, 0.6) is 0 Å². The van der Waals surface area contributed by atoms with Crippen molar-refractivity contribution in [3.8, 4) is 6.07 Å². The van der Waals surface area contributed by atoms with E-state index in [1.807, 2.05) is 6.07 Å². The summed E-state index contributed by atoms with van der Waals surface area (Å²) in [7, 11) is -5.10. The van der Waals surface area contributed by atoms with Crippen LogP contribution in [0.1, 0.15) is 22.3 Å². The van der Waals surface area contributed by atoms with Crippen molar-refractivity contribution in [3.63, 3.8) is 0 Å². The van der Waals surface area contributed by atoms with E-state index in [9.17, 15) is 39.9 Å². The SMILES string of the molecule is N#C[C@@]1(c2ccc3c(N)ncnn23)O[C@H](COC(=O)c2ccc[n+]([C@@H]3O[C@H](COP(=O)([O-])O)[C@@H](O)[C@H]3O)c2)[C@@H](O)[C@H]1O. The van der Waals surface area contributed by atoms with Crippen molar-refractivity contribution >= 4 is 25.1 Å². The van der Waals surface area contributed by atoms with Gasteiger partial charge in [-0.25, -0.2) is 14.3 Å². The van der Waals surface area contributed by atoms with Gasteiger partial charge in [-0.3, -0.25) is 4.57 Å². The number of carbonyl (C=O) groups is 1. The quantitative estimate of drug-likeness (QED) is 0.0818. The maximum Gasteiger partial charge on any atom is 0.344 e. The Kier molecular flexibility index (Phi) is 8.00. The second kappa shape index (κ2) is 11.2. The summed E-state index contributed by atoms with van der Waals surface area (Å²) in [5, 5.41) is 56.1. The largest absolute Gasteiger partial charge is 0.756 e. The van der Waals surface area contributed by atoms with Gasteiger partial charge >= 0.3 is 5.97 Å². The van der Waals surface area contributed by atoms with Crippen LogP contribution in [0.25, 0.3) is 5.52 Å². The third-order valence-electron chi connectivity index (χ3n) is 6.96. The van der Waals surface area contributed by atoms with E-state index in [0.29, 0.717) is 5.52 Å². The molecule has 1 unspecified atom stereocenters. The maximum absolute atomic E-state index is 12.9. The number of esters is 1. The van der Waals surface area contributed by atoms with E-state index in [2.05, 4.69) is 14.6 Å². The molecule has 2 aliphatic heterocycles. The first-order chi connectivity index (χ1) is 19.9. The molecular formula is C23H25N6O12P. The molecule has 3 aromatic rings. The molecule has 42 heavy (non-hydrogen) atoms. The summed E-state index contributed by atoms with van der Waals surface area (Å²) >= 11 is 0. The van der Waals surface area contributed by atoms with Gasteiger partial charge in [0.15, 0.2) is 24.3 Å². The predicted molar refractivity (Wildman–Crippen MR) is 130 cm³/mol. The Morgan fingerprint density at radius 1 is 1.21 bits per heavy atom. The standard InChI is InChI=1S/C23H25N6O12P/c24-9-23(15-4-3-12-20(25)26-10-27-29(12)15)19(33)17(31)14(41-23)7-38-22(34)11-2-1-5-28(6-11)21-18(32)16(30)13(40-21)8-39-42(35,36)37/h1-6,10,13-14,16-19,21,30-33H,7-8H2,(H3-,25,26,27,35,36,37)/t13-,14-,16-,17-,18-,19-,21-,23+/m1/s1. The van der Waals surface area contributed by atoms with Crippen molar-refractivity contribution in [2.24, 2.45) is 0 Å². The molecule has 0 radical (unpaired) electrons. The molecule has 0 amide bonds. The minimum atomic E-state index is -5.10. The molecule has 9 atom stereocenters. The lowest BCUT2D eigenvalue weighted by molar-refractivity contribution is -0.765. The van der Waals surface area contributed by atoms with E-state index in [1.165, 1.54) is 45.7 Å². The van der Waals surface area contributed by atoms with Crippen molar-refractivity contribution < 1.29 is 62.9 Å². The number of aromatic nitrogens is 4. The van der Waals surface area contributed by atoms with Gasteiger partial charge in [-0.1, -0.05) is 0 Å². The second-order valence-corrected chi connectivity index (χ2v) is 10.7. The zero-order valence-corrected chi connectivity index (χ0v) is 22.2. The molecule has 3 aromatic heterocycles. The number of nitrogens with two attached hydrogens (primary N) is 1. The van der Waals surface area contributed by atoms with Gasteiger partial charge in [-0.05, 0) is 18.2 Å². The zero-order chi connectivity index (χ0) is 30.4. The number of nitrogens with zero attached hydrogens (tertiary/aromatic N) is 5. The van der Waals surface area contributed by atoms with Crippen LogP contribution in [0.3, 0.4) is 0 Å². The highest BCUT2D eigenvalue weighted by atomic mass is 31.2. The van der Waals surface area contributed by atoms with Crippen molar-refractivity contribution in [2.75, 3.05) is 18.9 Å². The molecule has 224 valence electrons. The molecule has 19 heteroatoms. The second-order valence-electron chi connectivity index (χ2n) is 9.55. The van der Waals surface area contributed by atoms with Crippen LogP contribution in [-0.4, -0.2) is 95.7 Å². The maximum atomic E-state index is 12.9. The summed E-state index contributed by atoms with van der Waals surface area (Å²) in [6.45, 7) is -1.35. The Hall–Kier alpha value is -3.60. The van der Waals surface area contributed by atoms with Gasteiger partial charge in [0.2, 0.25) is 5.60 Å². The Labute approximate surface area is 235 Å². The van der Waals surface area contributed by atoms with E-state index in [1.54, 1.807) is 0 Å². The molecule has 2 fully saturated rings. The normalized spacial score (nSPS) is 32.5. The lowest BCUT2D eigenvalue weighted by Gasteiger charge is -2.24. The predicted octanol–water partition coefficient (Wildman–Crippen LogP) is -3.61. The summed E-state index contributed by atoms with van der Waals surface area (Å²) in [5.74, 6) is -0.812. The van der Waals surface area contributed by atoms with E-state index >= 15 is 0 Å². The monoisotopic (exact) mass is 608 g/mol. The van der Waals surface area contributed by atoms with Crippen LogP contribution >= 0.6 is 7.82 Å². The molecule has 7 N–H and O–H groups in total. The van der Waals surface area contributed by atoms with E-state index < -0.39 is 75.5 Å². The van der Waals surface area contributed by atoms with Crippen molar-refractivity contribution in [3.05, 3.63) is 54.2 Å². The molecule has 0 bridgehead atoms. The van der Waals surface area contributed by atoms with Crippen molar-refractivity contribution in [2.45, 2.75) is 48.5 Å². The summed E-state index contributed by atoms with van der Waals surface area (Å²) in [4.78, 5) is 36.3. The number of anilines is 1. The molecule has 5 rings (SSSR count). The molecule has 5 heterocycles. The number of aliphatic hydroxyl groups excluding tert-OH is 4. The number of carbonyl (C=O) groups excluding carboxylic acids is 1. The van der Waals surface area contributed by atoms with Gasteiger partial charge in [0, 0.05) is 6.07 Å². The first-order valence-corrected chi connectivity index (χ1v) is 13.8. The molecule has 0 aliphatic carbocycles. The molecule has 2 aliphatic rings. The van der Waals surface area contributed by atoms with Crippen LogP contribution in [-0.2, 0) is 28.9 Å². The Bertz CT molecular complexity index is 1580. The number of rotatable bonds is 8. The molecule has 2 saturated heterocycles. The van der Waals surface area contributed by atoms with Crippen molar-refractivity contribution in [1.29, 1.82) is 5.26 Å². The van der Waals surface area contributed by atoms with E-state index in [4.69, 9.17) is 24.8 Å². The van der Waals surface area contributed by atoms with Gasteiger partial charge in [0.1, 0.15) is 60.6 Å². The van der Waals surface area contributed by atoms with Crippen LogP contribution in [0.2, 0.25) is 0 Å². The number of aliphatic hydroxyl groups is 4. The molecule has 0 aromatic carbocycles. The minimum Gasteiger partial charge on any atom is -0.756 e. The number of nitrogen functional groups attached to an aromatic ring is 1. The van der Waals surface area contributed by atoms with Crippen molar-refractivity contribution in [1.82, 2.24) is 14.6 Å². The molecule has 0 spiro atoms. The summed E-state index contributed by atoms with van der Waals surface area (Å²) < 4.78 is 34.1. The fraction of sp³-hybridized carbons (Fsp3) is 0.435. The molecular weight excluding hydrogens is 583 g/mol. The zero-order valence-electron chi connectivity index (χ0n) is 21.4. The van der Waals surface area contributed by atoms with Crippen LogP contribution < -0.4 is 15.2 Å². The Morgan fingerprint density at radius 3 is 2.69 bits per heavy atom. The number of hydrogen-bond donors (Lipinski definition) is 6. The van der Waals surface area contributed by atoms with Gasteiger partial charge in [0.25, 0.3) is 14.1 Å². The van der Waals surface area contributed by atoms with Crippen LogP contribution in [0.4, 0.5) is 5.82 Å². The first-order valence-electron chi connectivity index (χ1n) is 12.3. The number of hydrogen-bond acceptors (Lipinski definition) is 15. The molecule has 18 nitrogen and oxygen atoms in total. The lowest BCUT2D eigenvalue weighted by Crippen LogP contribution is -2.46. The van der Waals surface area contributed by atoms with Crippen LogP contribution in [0, 0.1) is 11.3 Å². The van der Waals surface area contributed by atoms with Gasteiger partial charge in [0.05, 0.1) is 12.3 Å². The smallest absolute Gasteiger partial charge is 0.344 e. The summed E-state index contributed by atoms with van der Waals surface area (Å²) in [6.07, 6.45) is -6.72. The Balaban J connectivity index is 1.28. The van der Waals surface area contributed by atoms with E-state index in [-0.39, 0.29) is 17.1 Å². The summed E-state index contributed by atoms with van der Waals surface area (Å²) in [6, 6.07) is 7.58. The highest BCUT2D eigenvalue weighted by Gasteiger charge is 2.58. The fourth-order valence-corrected chi connectivity index (χ4v) is 5.18. The highest BCUT2D eigenvalue weighted by Crippen LogP contribution is 2.40. The number of nitriles is 1. The average molecular weight is 608 g/mol. The third kappa shape index (κ3) is 5.34. The minimum absolute atomic E-state index is 0.0637. The van der Waals surface area contributed by atoms with Crippen LogP contribution in [0.15, 0.2) is 43.0 Å². The topological polar surface area (TPSA) is 279 Å². The molecule has 0 saturated carbocycles. The number of pyridine rings is 1. The van der Waals surface area contributed by atoms with Gasteiger partial charge < -0.3 is 54.7 Å². The summed E-state index contributed by atoms with van der Waals surface area (Å²) in [5.41, 5.74) is 4.09. The van der Waals surface area contributed by atoms with Gasteiger partial charge in [-0.2, -0.15) is 14.9 Å². The van der Waals surface area contributed by atoms with Gasteiger partial charge in [-0.15, -0.1) is 0 Å². The third-order valence-corrected chi connectivity index (χ3v) is 7.43. The first kappa shape index (κ1) is 29.9.